The number of halogens is 1. The zero-order valence-corrected chi connectivity index (χ0v) is 11.3. The van der Waals surface area contributed by atoms with Crippen LogP contribution in [0.5, 0.6) is 5.75 Å². The van der Waals surface area contributed by atoms with Gasteiger partial charge in [0.05, 0.1) is 0 Å². The van der Waals surface area contributed by atoms with Crippen LogP contribution >= 0.6 is 11.6 Å². The number of hydrogen-bond acceptors (Lipinski definition) is 2. The Hall–Kier alpha value is -0.730. The van der Waals surface area contributed by atoms with Gasteiger partial charge in [-0.3, -0.25) is 0 Å². The fraction of sp³-hybridized carbons (Fsp3) is 0.571. The highest BCUT2D eigenvalue weighted by Gasteiger charge is 2.25. The highest BCUT2D eigenvalue weighted by Crippen LogP contribution is 2.25. The second-order valence-electron chi connectivity index (χ2n) is 4.73. The molecule has 2 rings (SSSR count). The van der Waals surface area contributed by atoms with Gasteiger partial charge in [-0.1, -0.05) is 18.5 Å². The van der Waals surface area contributed by atoms with Gasteiger partial charge in [-0.15, -0.1) is 0 Å². The second-order valence-corrected chi connectivity index (χ2v) is 5.14. The first-order valence-electron chi connectivity index (χ1n) is 6.34. The van der Waals surface area contributed by atoms with E-state index >= 15 is 0 Å². The van der Waals surface area contributed by atoms with E-state index in [1.807, 2.05) is 25.1 Å². The van der Waals surface area contributed by atoms with Crippen LogP contribution in [0.15, 0.2) is 18.2 Å². The van der Waals surface area contributed by atoms with Crippen molar-refractivity contribution in [2.75, 3.05) is 13.1 Å². The maximum Gasteiger partial charge on any atom is 0.120 e. The summed E-state index contributed by atoms with van der Waals surface area (Å²) in [5, 5.41) is 4.19. The van der Waals surface area contributed by atoms with Crippen LogP contribution in [0.2, 0.25) is 5.02 Å². The number of rotatable bonds is 4. The molecule has 2 nitrogen and oxygen atoms in total. The summed E-state index contributed by atoms with van der Waals surface area (Å²) in [6, 6.07) is 5.89. The summed E-state index contributed by atoms with van der Waals surface area (Å²) in [5.74, 6) is 1.57. The minimum absolute atomic E-state index is 0.311. The van der Waals surface area contributed by atoms with Crippen molar-refractivity contribution < 1.29 is 4.74 Å². The SMILES string of the molecule is CC[C@H](Oc1ccc(Cl)c(C)c1)[C@H]1CCNC1. The minimum Gasteiger partial charge on any atom is -0.490 e. The van der Waals surface area contributed by atoms with Crippen molar-refractivity contribution >= 4 is 11.6 Å². The van der Waals surface area contributed by atoms with Crippen molar-refractivity contribution in [1.29, 1.82) is 0 Å². The van der Waals surface area contributed by atoms with Gasteiger partial charge in [0.25, 0.3) is 0 Å². The van der Waals surface area contributed by atoms with Crippen molar-refractivity contribution in [3.8, 4) is 5.75 Å². The first-order valence-corrected chi connectivity index (χ1v) is 6.72. The van der Waals surface area contributed by atoms with Crippen molar-refractivity contribution in [2.24, 2.45) is 5.92 Å². The van der Waals surface area contributed by atoms with E-state index in [1.165, 1.54) is 6.42 Å². The predicted molar refractivity (Wildman–Crippen MR) is 71.9 cm³/mol. The van der Waals surface area contributed by atoms with E-state index in [0.717, 1.165) is 35.8 Å². The van der Waals surface area contributed by atoms with Crippen LogP contribution in [-0.4, -0.2) is 19.2 Å². The molecule has 17 heavy (non-hydrogen) atoms. The zero-order chi connectivity index (χ0) is 12.3. The molecule has 0 amide bonds. The van der Waals surface area contributed by atoms with E-state index in [-0.39, 0.29) is 0 Å². The molecule has 1 aromatic carbocycles. The third-order valence-corrected chi connectivity index (χ3v) is 3.87. The quantitative estimate of drug-likeness (QED) is 0.888. The van der Waals surface area contributed by atoms with Crippen LogP contribution in [-0.2, 0) is 0 Å². The van der Waals surface area contributed by atoms with Gasteiger partial charge in [-0.2, -0.15) is 0 Å². The summed E-state index contributed by atoms with van der Waals surface area (Å²) >= 11 is 6.01. The second kappa shape index (κ2) is 5.74. The van der Waals surface area contributed by atoms with E-state index in [4.69, 9.17) is 16.3 Å². The summed E-state index contributed by atoms with van der Waals surface area (Å²) < 4.78 is 6.08. The van der Waals surface area contributed by atoms with Gasteiger partial charge in [0.1, 0.15) is 11.9 Å². The lowest BCUT2D eigenvalue weighted by Gasteiger charge is -2.23. The molecule has 1 aliphatic heterocycles. The van der Waals surface area contributed by atoms with E-state index in [0.29, 0.717) is 12.0 Å². The number of nitrogens with one attached hydrogen (secondary N) is 1. The first kappa shape index (κ1) is 12.7. The van der Waals surface area contributed by atoms with Crippen LogP contribution in [0.25, 0.3) is 0 Å². The molecule has 0 unspecified atom stereocenters. The average molecular weight is 254 g/mol. The third-order valence-electron chi connectivity index (χ3n) is 3.44. The summed E-state index contributed by atoms with van der Waals surface area (Å²) in [5.41, 5.74) is 1.07. The van der Waals surface area contributed by atoms with Gasteiger partial charge in [-0.25, -0.2) is 0 Å². The molecule has 1 aliphatic rings. The summed E-state index contributed by atoms with van der Waals surface area (Å²) in [6.07, 6.45) is 2.57. The lowest BCUT2D eigenvalue weighted by atomic mass is 9.99. The summed E-state index contributed by atoms with van der Waals surface area (Å²) in [7, 11) is 0. The Bertz CT molecular complexity index is 374. The standard InChI is InChI=1S/C14H20ClNO/c1-3-14(11-6-7-16-9-11)17-12-4-5-13(15)10(2)8-12/h4-5,8,11,14,16H,3,6-7,9H2,1-2H3/t11-,14-/m0/s1. The van der Waals surface area contributed by atoms with Gasteiger partial charge < -0.3 is 10.1 Å². The fourth-order valence-corrected chi connectivity index (χ4v) is 2.49. The summed E-state index contributed by atoms with van der Waals surface area (Å²) in [6.45, 7) is 6.38. The van der Waals surface area contributed by atoms with Gasteiger partial charge in [0.15, 0.2) is 0 Å². The molecule has 0 spiro atoms. The van der Waals surface area contributed by atoms with E-state index < -0.39 is 0 Å². The van der Waals surface area contributed by atoms with E-state index in [1.54, 1.807) is 0 Å². The predicted octanol–water partition coefficient (Wildman–Crippen LogP) is 3.42. The third kappa shape index (κ3) is 3.14. The molecule has 3 heteroatoms. The molecule has 0 aromatic heterocycles. The molecule has 1 heterocycles. The summed E-state index contributed by atoms with van der Waals surface area (Å²) in [4.78, 5) is 0. The topological polar surface area (TPSA) is 21.3 Å². The number of hydrogen-bond donors (Lipinski definition) is 1. The van der Waals surface area contributed by atoms with Crippen molar-refractivity contribution in [2.45, 2.75) is 32.8 Å². The Morgan fingerprint density at radius 2 is 2.35 bits per heavy atom. The molecule has 0 aliphatic carbocycles. The molecule has 1 N–H and O–H groups in total. The van der Waals surface area contributed by atoms with Crippen molar-refractivity contribution in [3.63, 3.8) is 0 Å². The number of aryl methyl sites for hydroxylation is 1. The Morgan fingerprint density at radius 3 is 2.94 bits per heavy atom. The van der Waals surface area contributed by atoms with Gasteiger partial charge in [0.2, 0.25) is 0 Å². The highest BCUT2D eigenvalue weighted by molar-refractivity contribution is 6.31. The zero-order valence-electron chi connectivity index (χ0n) is 10.5. The smallest absolute Gasteiger partial charge is 0.120 e. The number of ether oxygens (including phenoxy) is 1. The van der Waals surface area contributed by atoms with Crippen LogP contribution in [0.3, 0.4) is 0 Å². The Balaban J connectivity index is 2.04. The van der Waals surface area contributed by atoms with E-state index in [9.17, 15) is 0 Å². The van der Waals surface area contributed by atoms with Gasteiger partial charge >= 0.3 is 0 Å². The normalized spacial score (nSPS) is 21.5. The van der Waals surface area contributed by atoms with Crippen LogP contribution in [0.1, 0.15) is 25.3 Å². The molecule has 0 radical (unpaired) electrons. The molecule has 94 valence electrons. The Labute approximate surface area is 108 Å². The largest absolute Gasteiger partial charge is 0.490 e. The molecule has 0 bridgehead atoms. The van der Waals surface area contributed by atoms with Gasteiger partial charge in [0, 0.05) is 17.5 Å². The molecule has 1 aromatic rings. The monoisotopic (exact) mass is 253 g/mol. The molecule has 2 atom stereocenters. The van der Waals surface area contributed by atoms with E-state index in [2.05, 4.69) is 12.2 Å². The first-order chi connectivity index (χ1) is 8.20. The van der Waals surface area contributed by atoms with Crippen molar-refractivity contribution in [1.82, 2.24) is 5.32 Å². The lowest BCUT2D eigenvalue weighted by molar-refractivity contribution is 0.138. The Kier molecular flexibility index (Phi) is 4.30. The van der Waals surface area contributed by atoms with Crippen LogP contribution < -0.4 is 10.1 Å². The lowest BCUT2D eigenvalue weighted by Crippen LogP contribution is -2.28. The molecular formula is C14H20ClNO. The fourth-order valence-electron chi connectivity index (χ4n) is 2.37. The Morgan fingerprint density at radius 1 is 1.53 bits per heavy atom. The van der Waals surface area contributed by atoms with Gasteiger partial charge in [-0.05, 0) is 50.1 Å². The molecule has 1 saturated heterocycles. The molecular weight excluding hydrogens is 234 g/mol. The maximum absolute atomic E-state index is 6.08. The average Bonchev–Trinajstić information content (AvgIpc) is 2.84. The molecule has 0 saturated carbocycles. The number of benzene rings is 1. The minimum atomic E-state index is 0.311. The maximum atomic E-state index is 6.08. The van der Waals surface area contributed by atoms with Crippen LogP contribution in [0, 0.1) is 12.8 Å². The highest BCUT2D eigenvalue weighted by atomic mass is 35.5. The van der Waals surface area contributed by atoms with Crippen LogP contribution in [0.4, 0.5) is 0 Å². The van der Waals surface area contributed by atoms with Crippen molar-refractivity contribution in [3.05, 3.63) is 28.8 Å². The molecule has 1 fully saturated rings.